The zero-order valence-electron chi connectivity index (χ0n) is 9.54. The normalized spacial score (nSPS) is 11.0. The van der Waals surface area contributed by atoms with E-state index in [1.165, 1.54) is 11.8 Å². The van der Waals surface area contributed by atoms with Crippen LogP contribution in [0.15, 0.2) is 41.8 Å². The molecule has 0 radical (unpaired) electrons. The van der Waals surface area contributed by atoms with Gasteiger partial charge in [0.25, 0.3) is 0 Å². The SMILES string of the molecule is CSc1ncc2cnc(-c3ccc(Cl)cc3)n2n1. The number of thioether (sulfide) groups is 1. The van der Waals surface area contributed by atoms with Crippen molar-refractivity contribution in [1.29, 1.82) is 0 Å². The molecule has 0 bridgehead atoms. The number of hydrogen-bond donors (Lipinski definition) is 0. The zero-order valence-corrected chi connectivity index (χ0v) is 11.1. The van der Waals surface area contributed by atoms with Gasteiger partial charge in [-0.15, -0.1) is 5.10 Å². The van der Waals surface area contributed by atoms with Gasteiger partial charge in [0.1, 0.15) is 5.52 Å². The number of nitrogens with zero attached hydrogens (tertiary/aromatic N) is 4. The summed E-state index contributed by atoms with van der Waals surface area (Å²) < 4.78 is 1.79. The predicted molar refractivity (Wildman–Crippen MR) is 73.0 cm³/mol. The topological polar surface area (TPSA) is 43.1 Å². The summed E-state index contributed by atoms with van der Waals surface area (Å²) in [4.78, 5) is 8.60. The number of hydrogen-bond acceptors (Lipinski definition) is 4. The average molecular weight is 277 g/mol. The molecule has 1 aromatic carbocycles. The van der Waals surface area contributed by atoms with Crippen molar-refractivity contribution in [2.45, 2.75) is 5.16 Å². The summed E-state index contributed by atoms with van der Waals surface area (Å²) in [5, 5.41) is 5.85. The Morgan fingerprint density at radius 3 is 2.56 bits per heavy atom. The molecule has 18 heavy (non-hydrogen) atoms. The summed E-state index contributed by atoms with van der Waals surface area (Å²) in [6.45, 7) is 0. The van der Waals surface area contributed by atoms with Gasteiger partial charge in [0.2, 0.25) is 5.16 Å². The quantitative estimate of drug-likeness (QED) is 0.674. The minimum absolute atomic E-state index is 0.707. The van der Waals surface area contributed by atoms with Gasteiger partial charge in [0.05, 0.1) is 12.4 Å². The van der Waals surface area contributed by atoms with Gasteiger partial charge in [0.15, 0.2) is 5.82 Å². The molecular weight excluding hydrogens is 268 g/mol. The fourth-order valence-corrected chi connectivity index (χ4v) is 2.12. The minimum atomic E-state index is 0.707. The van der Waals surface area contributed by atoms with E-state index >= 15 is 0 Å². The highest BCUT2D eigenvalue weighted by Gasteiger charge is 2.08. The van der Waals surface area contributed by atoms with Crippen LogP contribution in [0.1, 0.15) is 0 Å². The lowest BCUT2D eigenvalue weighted by molar-refractivity contribution is 0.799. The monoisotopic (exact) mass is 276 g/mol. The molecule has 4 nitrogen and oxygen atoms in total. The third-order valence-corrected chi connectivity index (χ3v) is 3.35. The second-order valence-corrected chi connectivity index (χ2v) is 4.88. The van der Waals surface area contributed by atoms with Gasteiger partial charge in [0, 0.05) is 10.6 Å². The van der Waals surface area contributed by atoms with Gasteiger partial charge in [-0.3, -0.25) is 0 Å². The molecule has 90 valence electrons. The molecule has 0 N–H and O–H groups in total. The predicted octanol–water partition coefficient (Wildman–Crippen LogP) is 3.17. The number of aromatic nitrogens is 4. The number of halogens is 1. The fourth-order valence-electron chi connectivity index (χ4n) is 1.67. The lowest BCUT2D eigenvalue weighted by Gasteiger charge is -2.01. The zero-order chi connectivity index (χ0) is 12.5. The Balaban J connectivity index is 2.19. The number of imidazole rings is 1. The third kappa shape index (κ3) is 1.95. The van der Waals surface area contributed by atoms with E-state index < -0.39 is 0 Å². The highest BCUT2D eigenvalue weighted by atomic mass is 35.5. The molecule has 0 fully saturated rings. The van der Waals surface area contributed by atoms with Crippen molar-refractivity contribution in [2.75, 3.05) is 6.26 Å². The van der Waals surface area contributed by atoms with Crippen LogP contribution >= 0.6 is 23.4 Å². The first-order valence-electron chi connectivity index (χ1n) is 5.28. The number of benzene rings is 1. The van der Waals surface area contributed by atoms with Crippen LogP contribution in [0, 0.1) is 0 Å². The van der Waals surface area contributed by atoms with E-state index in [0.717, 1.165) is 22.1 Å². The Kier molecular flexibility index (Phi) is 2.93. The van der Waals surface area contributed by atoms with E-state index in [1.807, 2.05) is 30.5 Å². The molecule has 0 aliphatic carbocycles. The third-order valence-electron chi connectivity index (χ3n) is 2.54. The van der Waals surface area contributed by atoms with Crippen LogP contribution in [0.5, 0.6) is 0 Å². The highest BCUT2D eigenvalue weighted by molar-refractivity contribution is 7.98. The van der Waals surface area contributed by atoms with Crippen molar-refractivity contribution >= 4 is 28.9 Å². The lowest BCUT2D eigenvalue weighted by atomic mass is 10.2. The van der Waals surface area contributed by atoms with Crippen molar-refractivity contribution < 1.29 is 0 Å². The van der Waals surface area contributed by atoms with Crippen molar-refractivity contribution in [3.63, 3.8) is 0 Å². The molecule has 0 spiro atoms. The second-order valence-electron chi connectivity index (χ2n) is 3.67. The molecule has 2 heterocycles. The van der Waals surface area contributed by atoms with E-state index in [4.69, 9.17) is 11.6 Å². The van der Waals surface area contributed by atoms with E-state index in [0.29, 0.717) is 5.02 Å². The summed E-state index contributed by atoms with van der Waals surface area (Å²) in [6, 6.07) is 7.54. The smallest absolute Gasteiger partial charge is 0.207 e. The van der Waals surface area contributed by atoms with Crippen molar-refractivity contribution in [3.05, 3.63) is 41.7 Å². The molecular formula is C12H9ClN4S. The summed E-state index contributed by atoms with van der Waals surface area (Å²) in [5.74, 6) is 0.791. The Labute approximate surface area is 113 Å². The Bertz CT molecular complexity index is 693. The number of rotatable bonds is 2. The van der Waals surface area contributed by atoms with Crippen LogP contribution in [0.3, 0.4) is 0 Å². The largest absolute Gasteiger partial charge is 0.234 e. The van der Waals surface area contributed by atoms with Crippen molar-refractivity contribution in [2.24, 2.45) is 0 Å². The summed E-state index contributed by atoms with van der Waals surface area (Å²) >= 11 is 7.38. The first-order valence-corrected chi connectivity index (χ1v) is 6.89. The van der Waals surface area contributed by atoms with Crippen LogP contribution in [-0.2, 0) is 0 Å². The highest BCUT2D eigenvalue weighted by Crippen LogP contribution is 2.21. The average Bonchev–Trinajstić information content (AvgIpc) is 2.82. The summed E-state index contributed by atoms with van der Waals surface area (Å²) in [7, 11) is 0. The molecule has 3 rings (SSSR count). The summed E-state index contributed by atoms with van der Waals surface area (Å²) in [5.41, 5.74) is 1.85. The van der Waals surface area contributed by atoms with E-state index in [-0.39, 0.29) is 0 Å². The van der Waals surface area contributed by atoms with E-state index in [2.05, 4.69) is 15.1 Å². The maximum atomic E-state index is 5.88. The van der Waals surface area contributed by atoms with E-state index in [9.17, 15) is 0 Å². The molecule has 0 aliphatic rings. The maximum Gasteiger partial charge on any atom is 0.207 e. The van der Waals surface area contributed by atoms with Gasteiger partial charge in [-0.25, -0.2) is 14.5 Å². The second kappa shape index (κ2) is 4.59. The first-order chi connectivity index (χ1) is 8.78. The molecule has 0 aliphatic heterocycles. The first kappa shape index (κ1) is 11.5. The van der Waals surface area contributed by atoms with Crippen LogP contribution < -0.4 is 0 Å². The minimum Gasteiger partial charge on any atom is -0.234 e. The Morgan fingerprint density at radius 2 is 1.83 bits per heavy atom. The molecule has 0 amide bonds. The Morgan fingerprint density at radius 1 is 1.11 bits per heavy atom. The van der Waals surface area contributed by atoms with Gasteiger partial charge < -0.3 is 0 Å². The fraction of sp³-hybridized carbons (Fsp3) is 0.0833. The standard InChI is InChI=1S/C12H9ClN4S/c1-18-12-15-7-10-6-14-11(17(10)16-12)8-2-4-9(13)5-3-8/h2-7H,1H3. The van der Waals surface area contributed by atoms with Crippen molar-refractivity contribution in [3.8, 4) is 11.4 Å². The van der Waals surface area contributed by atoms with Crippen LogP contribution in [0.25, 0.3) is 16.9 Å². The number of fused-ring (bicyclic) bond motifs is 1. The van der Waals surface area contributed by atoms with Crippen molar-refractivity contribution in [1.82, 2.24) is 19.6 Å². The van der Waals surface area contributed by atoms with Crippen LogP contribution in [-0.4, -0.2) is 25.8 Å². The summed E-state index contributed by atoms with van der Waals surface area (Å²) in [6.07, 6.45) is 5.47. The van der Waals surface area contributed by atoms with Crippen LogP contribution in [0.2, 0.25) is 5.02 Å². The molecule has 0 atom stereocenters. The lowest BCUT2D eigenvalue weighted by Crippen LogP contribution is -1.98. The maximum absolute atomic E-state index is 5.88. The molecule has 0 saturated heterocycles. The molecule has 6 heteroatoms. The molecule has 0 saturated carbocycles. The van der Waals surface area contributed by atoms with Gasteiger partial charge >= 0.3 is 0 Å². The Hall–Kier alpha value is -1.59. The van der Waals surface area contributed by atoms with Gasteiger partial charge in [-0.1, -0.05) is 23.4 Å². The van der Waals surface area contributed by atoms with E-state index in [1.54, 1.807) is 16.9 Å². The molecule has 2 aromatic heterocycles. The van der Waals surface area contributed by atoms with Gasteiger partial charge in [-0.05, 0) is 30.5 Å². The van der Waals surface area contributed by atoms with Crippen LogP contribution in [0.4, 0.5) is 0 Å². The molecule has 0 unspecified atom stereocenters. The van der Waals surface area contributed by atoms with Gasteiger partial charge in [-0.2, -0.15) is 0 Å². The molecule has 3 aromatic rings.